The minimum atomic E-state index is 0.393. The van der Waals surface area contributed by atoms with Gasteiger partial charge in [0.2, 0.25) is 5.88 Å². The molecule has 0 aromatic carbocycles. The Bertz CT molecular complexity index is 453. The number of rotatable bonds is 4. The van der Waals surface area contributed by atoms with Crippen LogP contribution in [0.5, 0.6) is 5.88 Å². The van der Waals surface area contributed by atoms with Crippen molar-refractivity contribution >= 4 is 29.2 Å². The van der Waals surface area contributed by atoms with E-state index in [1.807, 2.05) is 7.05 Å². The third-order valence-electron chi connectivity index (χ3n) is 2.46. The first-order chi connectivity index (χ1) is 8.66. The number of guanidine groups is 1. The molecule has 2 heterocycles. The number of likely N-dealkylation sites (N-methyl/N-ethyl adjacent to an activating group) is 1. The average Bonchev–Trinajstić information content (AvgIpc) is 2.73. The summed E-state index contributed by atoms with van der Waals surface area (Å²) in [7, 11) is 2.00. The topological polar surface area (TPSA) is 49.8 Å². The van der Waals surface area contributed by atoms with E-state index in [4.69, 9.17) is 27.9 Å². The SMILES string of the molecule is CN1CCN=C1NCCOc1ncc(Cl)cc1Cl. The summed E-state index contributed by atoms with van der Waals surface area (Å²) in [6.45, 7) is 2.89. The molecule has 18 heavy (non-hydrogen) atoms. The maximum absolute atomic E-state index is 5.93. The Balaban J connectivity index is 1.75. The highest BCUT2D eigenvalue weighted by Crippen LogP contribution is 2.24. The highest BCUT2D eigenvalue weighted by Gasteiger charge is 2.11. The summed E-state index contributed by atoms with van der Waals surface area (Å²) in [5.74, 6) is 1.29. The quantitative estimate of drug-likeness (QED) is 0.856. The number of hydrogen-bond donors (Lipinski definition) is 1. The van der Waals surface area contributed by atoms with E-state index >= 15 is 0 Å². The van der Waals surface area contributed by atoms with E-state index in [1.54, 1.807) is 6.07 Å². The molecule has 98 valence electrons. The lowest BCUT2D eigenvalue weighted by Gasteiger charge is -2.15. The number of nitrogens with zero attached hydrogens (tertiary/aromatic N) is 3. The highest BCUT2D eigenvalue weighted by atomic mass is 35.5. The van der Waals surface area contributed by atoms with Crippen LogP contribution in [0.15, 0.2) is 17.3 Å². The summed E-state index contributed by atoms with van der Waals surface area (Å²) in [5, 5.41) is 4.09. The zero-order chi connectivity index (χ0) is 13.0. The molecular formula is C11H14Cl2N4O. The number of aliphatic imine (C=N–C) groups is 1. The second kappa shape index (κ2) is 6.11. The maximum atomic E-state index is 5.93. The number of pyridine rings is 1. The third-order valence-corrected chi connectivity index (χ3v) is 2.93. The zero-order valence-electron chi connectivity index (χ0n) is 9.99. The number of hydrogen-bond acceptors (Lipinski definition) is 5. The van der Waals surface area contributed by atoms with E-state index in [-0.39, 0.29) is 0 Å². The molecule has 0 saturated carbocycles. The van der Waals surface area contributed by atoms with Gasteiger partial charge in [0, 0.05) is 19.8 Å². The molecule has 0 saturated heterocycles. The van der Waals surface area contributed by atoms with Crippen molar-refractivity contribution in [2.75, 3.05) is 33.3 Å². The first kappa shape index (κ1) is 13.2. The van der Waals surface area contributed by atoms with Gasteiger partial charge in [-0.3, -0.25) is 4.99 Å². The molecule has 2 rings (SSSR count). The lowest BCUT2D eigenvalue weighted by atomic mass is 10.5. The predicted octanol–water partition coefficient (Wildman–Crippen LogP) is 1.66. The Kier molecular flexibility index (Phi) is 4.49. The van der Waals surface area contributed by atoms with Gasteiger partial charge >= 0.3 is 0 Å². The number of halogens is 2. The lowest BCUT2D eigenvalue weighted by Crippen LogP contribution is -2.37. The number of ether oxygens (including phenoxy) is 1. The number of aromatic nitrogens is 1. The second-order valence-corrected chi connectivity index (χ2v) is 4.69. The Morgan fingerprint density at radius 3 is 3.00 bits per heavy atom. The van der Waals surface area contributed by atoms with Crippen LogP contribution in [0.1, 0.15) is 0 Å². The van der Waals surface area contributed by atoms with Gasteiger partial charge in [0.05, 0.1) is 18.1 Å². The molecule has 0 atom stereocenters. The Hall–Kier alpha value is -1.20. The van der Waals surface area contributed by atoms with E-state index in [9.17, 15) is 0 Å². The summed E-state index contributed by atoms with van der Waals surface area (Å²) < 4.78 is 5.45. The van der Waals surface area contributed by atoms with Crippen molar-refractivity contribution in [3.05, 3.63) is 22.3 Å². The third kappa shape index (κ3) is 3.40. The van der Waals surface area contributed by atoms with Gasteiger partial charge < -0.3 is 15.0 Å². The monoisotopic (exact) mass is 288 g/mol. The molecule has 0 unspecified atom stereocenters. The van der Waals surface area contributed by atoms with Gasteiger partial charge in [-0.05, 0) is 6.07 Å². The summed E-state index contributed by atoms with van der Waals surface area (Å²) >= 11 is 11.7. The summed E-state index contributed by atoms with van der Waals surface area (Å²) in [6.07, 6.45) is 1.50. The van der Waals surface area contributed by atoms with Crippen LogP contribution >= 0.6 is 23.2 Å². The van der Waals surface area contributed by atoms with Crippen molar-refractivity contribution in [3.63, 3.8) is 0 Å². The van der Waals surface area contributed by atoms with Crippen molar-refractivity contribution in [1.82, 2.24) is 15.2 Å². The fourth-order valence-corrected chi connectivity index (χ4v) is 1.98. The van der Waals surface area contributed by atoms with Crippen molar-refractivity contribution in [3.8, 4) is 5.88 Å². The van der Waals surface area contributed by atoms with Crippen LogP contribution in [0, 0.1) is 0 Å². The molecular weight excluding hydrogens is 275 g/mol. The molecule has 1 aliphatic rings. The highest BCUT2D eigenvalue weighted by molar-refractivity contribution is 6.35. The number of nitrogens with one attached hydrogen (secondary N) is 1. The molecule has 1 aromatic heterocycles. The molecule has 0 fully saturated rings. The second-order valence-electron chi connectivity index (χ2n) is 3.84. The van der Waals surface area contributed by atoms with Crippen molar-refractivity contribution in [2.45, 2.75) is 0 Å². The largest absolute Gasteiger partial charge is 0.475 e. The van der Waals surface area contributed by atoms with Crippen LogP contribution in [-0.2, 0) is 0 Å². The van der Waals surface area contributed by atoms with Crippen LogP contribution in [0.25, 0.3) is 0 Å². The minimum absolute atomic E-state index is 0.393. The first-order valence-corrected chi connectivity index (χ1v) is 6.35. The van der Waals surface area contributed by atoms with E-state index in [1.165, 1.54) is 6.20 Å². The van der Waals surface area contributed by atoms with Gasteiger partial charge in [-0.25, -0.2) is 4.98 Å². The van der Waals surface area contributed by atoms with Crippen molar-refractivity contribution < 1.29 is 4.74 Å². The molecule has 1 aliphatic heterocycles. The van der Waals surface area contributed by atoms with E-state index in [0.717, 1.165) is 19.0 Å². The Labute approximate surface area is 116 Å². The molecule has 7 heteroatoms. The van der Waals surface area contributed by atoms with Gasteiger partial charge in [0.25, 0.3) is 0 Å². The first-order valence-electron chi connectivity index (χ1n) is 5.60. The fraction of sp³-hybridized carbons (Fsp3) is 0.455. The molecule has 1 aromatic rings. The van der Waals surface area contributed by atoms with Crippen LogP contribution in [-0.4, -0.2) is 49.1 Å². The Morgan fingerprint density at radius 1 is 1.50 bits per heavy atom. The standard InChI is InChI=1S/C11H14Cl2N4O/c1-17-4-2-14-11(17)15-3-5-18-10-9(13)6-8(12)7-16-10/h6-7H,2-5H2,1H3,(H,14,15). The smallest absolute Gasteiger partial charge is 0.232 e. The van der Waals surface area contributed by atoms with Crippen LogP contribution in [0.3, 0.4) is 0 Å². The summed E-state index contributed by atoms with van der Waals surface area (Å²) in [6, 6.07) is 1.60. The van der Waals surface area contributed by atoms with Crippen LogP contribution < -0.4 is 10.1 Å². The predicted molar refractivity (Wildman–Crippen MR) is 72.7 cm³/mol. The molecule has 1 N–H and O–H groups in total. The summed E-state index contributed by atoms with van der Waals surface area (Å²) in [5.41, 5.74) is 0. The normalized spacial score (nSPS) is 14.6. The van der Waals surface area contributed by atoms with Gasteiger partial charge in [-0.1, -0.05) is 23.2 Å². The van der Waals surface area contributed by atoms with E-state index < -0.39 is 0 Å². The molecule has 0 aliphatic carbocycles. The lowest BCUT2D eigenvalue weighted by molar-refractivity contribution is 0.308. The van der Waals surface area contributed by atoms with Crippen LogP contribution in [0.4, 0.5) is 0 Å². The molecule has 0 radical (unpaired) electrons. The molecule has 5 nitrogen and oxygen atoms in total. The minimum Gasteiger partial charge on any atom is -0.475 e. The average molecular weight is 289 g/mol. The van der Waals surface area contributed by atoms with Crippen LogP contribution in [0.2, 0.25) is 10.0 Å². The Morgan fingerprint density at radius 2 is 2.33 bits per heavy atom. The fourth-order valence-electron chi connectivity index (χ4n) is 1.54. The molecule has 0 spiro atoms. The zero-order valence-corrected chi connectivity index (χ0v) is 11.5. The maximum Gasteiger partial charge on any atom is 0.232 e. The van der Waals surface area contributed by atoms with E-state index in [2.05, 4.69) is 20.2 Å². The molecule has 0 bridgehead atoms. The van der Waals surface area contributed by atoms with Crippen molar-refractivity contribution in [2.24, 2.45) is 4.99 Å². The molecule has 0 amide bonds. The van der Waals surface area contributed by atoms with Gasteiger partial charge in [0.15, 0.2) is 5.96 Å². The van der Waals surface area contributed by atoms with Crippen molar-refractivity contribution in [1.29, 1.82) is 0 Å². The van der Waals surface area contributed by atoms with Gasteiger partial charge in [-0.15, -0.1) is 0 Å². The van der Waals surface area contributed by atoms with E-state index in [0.29, 0.717) is 29.1 Å². The van der Waals surface area contributed by atoms with Gasteiger partial charge in [0.1, 0.15) is 11.6 Å². The van der Waals surface area contributed by atoms with Gasteiger partial charge in [-0.2, -0.15) is 0 Å². The summed E-state index contributed by atoms with van der Waals surface area (Å²) in [4.78, 5) is 10.4.